The molecule has 150 valence electrons. The summed E-state index contributed by atoms with van der Waals surface area (Å²) < 4.78 is 6.29. The highest BCUT2D eigenvalue weighted by molar-refractivity contribution is 8.26. The Balaban J connectivity index is 1.52. The average molecular weight is 456 g/mol. The van der Waals surface area contributed by atoms with Crippen LogP contribution >= 0.6 is 35.6 Å². The third kappa shape index (κ3) is 4.33. The van der Waals surface area contributed by atoms with Crippen LogP contribution in [0.15, 0.2) is 70.0 Å². The molecule has 0 bridgehead atoms. The number of thioether (sulfide) groups is 1. The van der Waals surface area contributed by atoms with E-state index < -0.39 is 5.97 Å². The molecule has 1 fully saturated rings. The molecule has 4 rings (SSSR count). The zero-order valence-corrected chi connectivity index (χ0v) is 17.8. The lowest BCUT2D eigenvalue weighted by molar-refractivity contribution is -0.122. The number of furan rings is 1. The van der Waals surface area contributed by atoms with Gasteiger partial charge < -0.3 is 9.52 Å². The molecule has 3 aromatic rings. The number of nitrogens with zero attached hydrogens (tertiary/aromatic N) is 1. The van der Waals surface area contributed by atoms with Crippen LogP contribution in [0.25, 0.3) is 17.4 Å². The standard InChI is InChI=1S/C22H14ClNO4S2/c23-16-3-1-2-13(10-16)12-24-20(25)19(30-22(24)29)11-17-8-9-18(28-17)14-4-6-15(7-5-14)21(26)27/h1-11H,12H2,(H,26,27). The number of hydrogen-bond acceptors (Lipinski definition) is 5. The lowest BCUT2D eigenvalue weighted by Crippen LogP contribution is -2.27. The van der Waals surface area contributed by atoms with E-state index in [0.29, 0.717) is 32.3 Å². The molecule has 1 aliphatic heterocycles. The molecule has 1 N–H and O–H groups in total. The first-order valence-electron chi connectivity index (χ1n) is 8.84. The summed E-state index contributed by atoms with van der Waals surface area (Å²) in [5, 5.41) is 9.60. The maximum Gasteiger partial charge on any atom is 0.335 e. The first kappa shape index (κ1) is 20.4. The third-order valence-corrected chi connectivity index (χ3v) is 6.03. The molecule has 30 heavy (non-hydrogen) atoms. The van der Waals surface area contributed by atoms with E-state index in [2.05, 4.69) is 0 Å². The number of carboxylic acids is 1. The summed E-state index contributed by atoms with van der Waals surface area (Å²) in [5.74, 6) is -0.0848. The van der Waals surface area contributed by atoms with E-state index in [1.165, 1.54) is 28.8 Å². The maximum absolute atomic E-state index is 12.8. The van der Waals surface area contributed by atoms with Crippen LogP contribution in [0, 0.1) is 0 Å². The zero-order valence-electron chi connectivity index (χ0n) is 15.4. The van der Waals surface area contributed by atoms with Crippen molar-refractivity contribution in [3.05, 3.63) is 87.5 Å². The largest absolute Gasteiger partial charge is 0.478 e. The van der Waals surface area contributed by atoms with Gasteiger partial charge in [-0.25, -0.2) is 4.79 Å². The number of benzene rings is 2. The average Bonchev–Trinajstić information content (AvgIpc) is 3.29. The third-order valence-electron chi connectivity index (χ3n) is 4.42. The molecule has 1 aliphatic rings. The second-order valence-electron chi connectivity index (χ2n) is 6.48. The first-order valence-corrected chi connectivity index (χ1v) is 10.4. The number of hydrogen-bond donors (Lipinski definition) is 1. The van der Waals surface area contributed by atoms with Crippen molar-refractivity contribution in [3.8, 4) is 11.3 Å². The van der Waals surface area contributed by atoms with Crippen LogP contribution in [-0.2, 0) is 11.3 Å². The molecule has 0 aliphatic carbocycles. The van der Waals surface area contributed by atoms with Crippen LogP contribution < -0.4 is 0 Å². The molecule has 5 nitrogen and oxygen atoms in total. The van der Waals surface area contributed by atoms with Gasteiger partial charge in [0.1, 0.15) is 15.8 Å². The predicted octanol–water partition coefficient (Wildman–Crippen LogP) is 5.70. The van der Waals surface area contributed by atoms with Gasteiger partial charge in [-0.15, -0.1) is 0 Å². The highest BCUT2D eigenvalue weighted by Gasteiger charge is 2.32. The van der Waals surface area contributed by atoms with Crippen molar-refractivity contribution in [3.63, 3.8) is 0 Å². The molecule has 0 atom stereocenters. The SMILES string of the molecule is O=C(O)c1ccc(-c2ccc(C=C3SC(=S)N(Cc4cccc(Cl)c4)C3=O)o2)cc1. The summed E-state index contributed by atoms with van der Waals surface area (Å²) >= 11 is 12.6. The van der Waals surface area contributed by atoms with Gasteiger partial charge in [0, 0.05) is 16.7 Å². The van der Waals surface area contributed by atoms with E-state index in [9.17, 15) is 9.59 Å². The predicted molar refractivity (Wildman–Crippen MR) is 121 cm³/mol. The molecule has 8 heteroatoms. The first-order chi connectivity index (χ1) is 14.4. The molecular weight excluding hydrogens is 442 g/mol. The van der Waals surface area contributed by atoms with E-state index in [4.69, 9.17) is 33.3 Å². The summed E-state index contributed by atoms with van der Waals surface area (Å²) in [6.45, 7) is 0.349. The van der Waals surface area contributed by atoms with Crippen LogP contribution in [0.3, 0.4) is 0 Å². The van der Waals surface area contributed by atoms with Crippen molar-refractivity contribution in [1.82, 2.24) is 4.90 Å². The fourth-order valence-electron chi connectivity index (χ4n) is 2.95. The Hall–Kier alpha value is -2.87. The van der Waals surface area contributed by atoms with Gasteiger partial charge in [0.25, 0.3) is 5.91 Å². The Labute approximate surface area is 186 Å². The topological polar surface area (TPSA) is 70.8 Å². The molecule has 0 saturated carbocycles. The number of aromatic carboxylic acids is 1. The monoisotopic (exact) mass is 455 g/mol. The molecule has 1 saturated heterocycles. The molecule has 0 radical (unpaired) electrons. The van der Waals surface area contributed by atoms with Crippen molar-refractivity contribution in [2.24, 2.45) is 0 Å². The van der Waals surface area contributed by atoms with Crippen molar-refractivity contribution >= 4 is 57.9 Å². The van der Waals surface area contributed by atoms with E-state index in [-0.39, 0.29) is 11.5 Å². The van der Waals surface area contributed by atoms with Gasteiger partial charge in [0.05, 0.1) is 17.0 Å². The van der Waals surface area contributed by atoms with E-state index in [1.54, 1.807) is 42.5 Å². The number of rotatable bonds is 5. The van der Waals surface area contributed by atoms with Crippen molar-refractivity contribution in [2.75, 3.05) is 0 Å². The van der Waals surface area contributed by atoms with Gasteiger partial charge in [0.15, 0.2) is 0 Å². The summed E-state index contributed by atoms with van der Waals surface area (Å²) in [6, 6.07) is 17.2. The minimum atomic E-state index is -0.985. The van der Waals surface area contributed by atoms with E-state index in [0.717, 1.165) is 11.1 Å². The van der Waals surface area contributed by atoms with Crippen LogP contribution in [-0.4, -0.2) is 26.2 Å². The highest BCUT2D eigenvalue weighted by Crippen LogP contribution is 2.34. The number of amides is 1. The Morgan fingerprint density at radius 1 is 1.17 bits per heavy atom. The summed E-state index contributed by atoms with van der Waals surface area (Å²) in [7, 11) is 0. The summed E-state index contributed by atoms with van der Waals surface area (Å²) in [4.78, 5) is 25.8. The second kappa shape index (κ2) is 8.47. The fourth-order valence-corrected chi connectivity index (χ4v) is 4.39. The zero-order chi connectivity index (χ0) is 21.3. The Bertz CT molecular complexity index is 1180. The Morgan fingerprint density at radius 3 is 2.63 bits per heavy atom. The molecule has 0 unspecified atom stereocenters. The fraction of sp³-hybridized carbons (Fsp3) is 0.0455. The maximum atomic E-state index is 12.8. The Kier molecular flexibility index (Phi) is 5.76. The number of carboxylic acid groups (broad SMARTS) is 1. The van der Waals surface area contributed by atoms with Gasteiger partial charge in [-0.3, -0.25) is 9.69 Å². The minimum Gasteiger partial charge on any atom is -0.478 e. The summed E-state index contributed by atoms with van der Waals surface area (Å²) in [6.07, 6.45) is 1.66. The molecule has 2 aromatic carbocycles. The van der Waals surface area contributed by atoms with Gasteiger partial charge in [0.2, 0.25) is 0 Å². The van der Waals surface area contributed by atoms with Gasteiger partial charge >= 0.3 is 5.97 Å². The Morgan fingerprint density at radius 2 is 1.93 bits per heavy atom. The smallest absolute Gasteiger partial charge is 0.335 e. The van der Waals surface area contributed by atoms with E-state index in [1.807, 2.05) is 12.1 Å². The van der Waals surface area contributed by atoms with Gasteiger partial charge in [-0.05, 0) is 42.0 Å². The minimum absolute atomic E-state index is 0.186. The van der Waals surface area contributed by atoms with Gasteiger partial charge in [-0.2, -0.15) is 0 Å². The summed E-state index contributed by atoms with van der Waals surface area (Å²) in [5.41, 5.74) is 1.84. The highest BCUT2D eigenvalue weighted by atomic mass is 35.5. The number of halogens is 1. The number of carbonyl (C=O) groups excluding carboxylic acids is 1. The van der Waals surface area contributed by atoms with E-state index >= 15 is 0 Å². The number of carbonyl (C=O) groups is 2. The van der Waals surface area contributed by atoms with Crippen LogP contribution in [0.4, 0.5) is 0 Å². The van der Waals surface area contributed by atoms with Crippen LogP contribution in [0.1, 0.15) is 21.7 Å². The molecule has 1 aromatic heterocycles. The lowest BCUT2D eigenvalue weighted by atomic mass is 10.1. The second-order valence-corrected chi connectivity index (χ2v) is 8.59. The van der Waals surface area contributed by atoms with Crippen molar-refractivity contribution in [2.45, 2.75) is 6.54 Å². The van der Waals surface area contributed by atoms with Crippen LogP contribution in [0.2, 0.25) is 5.02 Å². The molecule has 1 amide bonds. The van der Waals surface area contributed by atoms with Crippen LogP contribution in [0.5, 0.6) is 0 Å². The molecule has 0 spiro atoms. The van der Waals surface area contributed by atoms with Crippen molar-refractivity contribution in [1.29, 1.82) is 0 Å². The molecular formula is C22H14ClNO4S2. The quantitative estimate of drug-likeness (QED) is 0.393. The van der Waals surface area contributed by atoms with Crippen molar-refractivity contribution < 1.29 is 19.1 Å². The molecule has 2 heterocycles. The number of thiocarbonyl (C=S) groups is 1. The lowest BCUT2D eigenvalue weighted by Gasteiger charge is -2.14. The normalized spacial score (nSPS) is 15.2. The van der Waals surface area contributed by atoms with Gasteiger partial charge in [-0.1, -0.05) is 59.8 Å².